The molecular weight excluding hydrogens is 373 g/mol. The van der Waals surface area contributed by atoms with Gasteiger partial charge in [0.15, 0.2) is 0 Å². The molecule has 0 spiro atoms. The lowest BCUT2D eigenvalue weighted by atomic mass is 10.2. The van der Waals surface area contributed by atoms with Crippen LogP contribution < -0.4 is 10.2 Å². The van der Waals surface area contributed by atoms with Gasteiger partial charge in [-0.1, -0.05) is 29.3 Å². The molecule has 6 nitrogen and oxygen atoms in total. The number of aryl methyl sites for hydroxylation is 1. The van der Waals surface area contributed by atoms with Gasteiger partial charge in [-0.25, -0.2) is 9.18 Å². The monoisotopic (exact) mass is 389 g/mol. The Morgan fingerprint density at radius 3 is 2.48 bits per heavy atom. The summed E-state index contributed by atoms with van der Waals surface area (Å²) in [6.07, 6.45) is 0. The number of carbonyl (C=O) groups is 3. The summed E-state index contributed by atoms with van der Waals surface area (Å²) in [5, 5.41) is 2.51. The number of rotatable bonds is 4. The Balaban J connectivity index is 1.74. The largest absolute Gasteiger partial charge is 0.332 e. The number of amides is 4. The summed E-state index contributed by atoms with van der Waals surface area (Å²) in [5.41, 5.74) is 1.80. The molecule has 2 aromatic rings. The molecule has 27 heavy (non-hydrogen) atoms. The zero-order valence-corrected chi connectivity index (χ0v) is 15.5. The van der Waals surface area contributed by atoms with Gasteiger partial charge in [-0.05, 0) is 44.2 Å². The first-order valence-electron chi connectivity index (χ1n) is 8.24. The first-order valence-corrected chi connectivity index (χ1v) is 8.62. The van der Waals surface area contributed by atoms with E-state index in [9.17, 15) is 18.8 Å². The molecule has 3 rings (SSSR count). The number of hydrogen-bond donors (Lipinski definition) is 1. The van der Waals surface area contributed by atoms with E-state index in [0.29, 0.717) is 5.69 Å². The number of anilines is 2. The number of nitrogens with one attached hydrogen (secondary N) is 1. The van der Waals surface area contributed by atoms with Crippen molar-refractivity contribution in [2.75, 3.05) is 16.8 Å². The number of halogens is 2. The molecule has 1 N–H and O–H groups in total. The van der Waals surface area contributed by atoms with E-state index in [4.69, 9.17) is 11.6 Å². The van der Waals surface area contributed by atoms with E-state index in [1.807, 2.05) is 19.1 Å². The van der Waals surface area contributed by atoms with Gasteiger partial charge >= 0.3 is 6.03 Å². The van der Waals surface area contributed by atoms with E-state index < -0.39 is 36.2 Å². The average molecular weight is 390 g/mol. The molecule has 1 saturated heterocycles. The Hall–Kier alpha value is -2.93. The van der Waals surface area contributed by atoms with E-state index in [1.165, 1.54) is 11.0 Å². The summed E-state index contributed by atoms with van der Waals surface area (Å²) in [5.74, 6) is -1.62. The average Bonchev–Trinajstić information content (AvgIpc) is 2.82. The lowest BCUT2D eigenvalue weighted by molar-refractivity contribution is -0.130. The van der Waals surface area contributed by atoms with Crippen LogP contribution in [-0.2, 0) is 9.59 Å². The van der Waals surface area contributed by atoms with Gasteiger partial charge in [0.2, 0.25) is 5.91 Å². The quantitative estimate of drug-likeness (QED) is 0.812. The maximum Gasteiger partial charge on any atom is 0.332 e. The van der Waals surface area contributed by atoms with Crippen LogP contribution in [0.1, 0.15) is 12.5 Å². The van der Waals surface area contributed by atoms with E-state index >= 15 is 0 Å². The van der Waals surface area contributed by atoms with Gasteiger partial charge in [0.1, 0.15) is 18.4 Å². The molecule has 1 heterocycles. The van der Waals surface area contributed by atoms with Gasteiger partial charge < -0.3 is 5.32 Å². The molecule has 8 heteroatoms. The van der Waals surface area contributed by atoms with E-state index in [1.54, 1.807) is 19.1 Å². The van der Waals surface area contributed by atoms with Gasteiger partial charge in [0.25, 0.3) is 5.91 Å². The fourth-order valence-corrected chi connectivity index (χ4v) is 3.05. The minimum Gasteiger partial charge on any atom is -0.323 e. The topological polar surface area (TPSA) is 69.7 Å². The van der Waals surface area contributed by atoms with Crippen molar-refractivity contribution in [2.45, 2.75) is 19.9 Å². The molecular formula is C19H17ClFN3O3. The van der Waals surface area contributed by atoms with Crippen molar-refractivity contribution in [1.82, 2.24) is 4.90 Å². The summed E-state index contributed by atoms with van der Waals surface area (Å²) < 4.78 is 13.1. The van der Waals surface area contributed by atoms with Crippen LogP contribution in [-0.4, -0.2) is 35.3 Å². The predicted octanol–water partition coefficient (Wildman–Crippen LogP) is 3.58. The van der Waals surface area contributed by atoms with Crippen LogP contribution in [0.25, 0.3) is 0 Å². The molecule has 0 radical (unpaired) electrons. The zero-order chi connectivity index (χ0) is 19.7. The summed E-state index contributed by atoms with van der Waals surface area (Å²) >= 11 is 5.88. The molecule has 4 amide bonds. The van der Waals surface area contributed by atoms with Gasteiger partial charge in [-0.3, -0.25) is 19.4 Å². The minimum absolute atomic E-state index is 0.0251. The van der Waals surface area contributed by atoms with Crippen molar-refractivity contribution < 1.29 is 18.8 Å². The highest BCUT2D eigenvalue weighted by Gasteiger charge is 2.44. The van der Waals surface area contributed by atoms with E-state index in [2.05, 4.69) is 5.32 Å². The maximum atomic E-state index is 13.1. The van der Waals surface area contributed by atoms with Gasteiger partial charge in [0, 0.05) is 5.69 Å². The lowest BCUT2D eigenvalue weighted by Crippen LogP contribution is -2.39. The second-order valence-electron chi connectivity index (χ2n) is 6.26. The number of nitrogens with zero attached hydrogens (tertiary/aromatic N) is 2. The Morgan fingerprint density at radius 1 is 1.19 bits per heavy atom. The molecule has 1 aliphatic heterocycles. The fraction of sp³-hybridized carbons (Fsp3) is 0.211. The van der Waals surface area contributed by atoms with E-state index in [0.717, 1.165) is 22.6 Å². The third-order valence-electron chi connectivity index (χ3n) is 4.27. The van der Waals surface area contributed by atoms with Crippen molar-refractivity contribution in [1.29, 1.82) is 0 Å². The Kier molecular flexibility index (Phi) is 5.14. The summed E-state index contributed by atoms with van der Waals surface area (Å²) in [6, 6.07) is 9.40. The third-order valence-corrected chi connectivity index (χ3v) is 4.58. The van der Waals surface area contributed by atoms with Gasteiger partial charge in [-0.15, -0.1) is 0 Å². The molecule has 1 unspecified atom stereocenters. The number of urea groups is 1. The zero-order valence-electron chi connectivity index (χ0n) is 14.7. The fourth-order valence-electron chi connectivity index (χ4n) is 2.84. The summed E-state index contributed by atoms with van der Waals surface area (Å²) in [4.78, 5) is 39.7. The van der Waals surface area contributed by atoms with Crippen LogP contribution in [0, 0.1) is 12.7 Å². The Bertz CT molecular complexity index is 917. The number of benzene rings is 2. The SMILES string of the molecule is Cc1ccc(N2C(=O)N(CC(=O)Nc3ccc(F)cc3Cl)C(=O)C2C)cc1. The van der Waals surface area contributed by atoms with Crippen LogP contribution in [0.15, 0.2) is 42.5 Å². The predicted molar refractivity (Wildman–Crippen MR) is 100 cm³/mol. The second-order valence-corrected chi connectivity index (χ2v) is 6.67. The highest BCUT2D eigenvalue weighted by Crippen LogP contribution is 2.26. The highest BCUT2D eigenvalue weighted by molar-refractivity contribution is 6.33. The van der Waals surface area contributed by atoms with Crippen LogP contribution in [0.3, 0.4) is 0 Å². The molecule has 0 bridgehead atoms. The Labute approximate surface area is 160 Å². The summed E-state index contributed by atoms with van der Waals surface area (Å²) in [6.45, 7) is 3.06. The van der Waals surface area contributed by atoms with Crippen LogP contribution in [0.2, 0.25) is 5.02 Å². The molecule has 140 valence electrons. The second kappa shape index (κ2) is 7.36. The van der Waals surface area contributed by atoms with Crippen molar-refractivity contribution in [3.8, 4) is 0 Å². The third kappa shape index (κ3) is 3.78. The molecule has 1 fully saturated rings. The molecule has 0 aliphatic carbocycles. The number of imide groups is 1. The first kappa shape index (κ1) is 18.8. The van der Waals surface area contributed by atoms with Crippen molar-refractivity contribution in [2.24, 2.45) is 0 Å². The molecule has 1 aliphatic rings. The van der Waals surface area contributed by atoms with Crippen molar-refractivity contribution >= 4 is 40.8 Å². The van der Waals surface area contributed by atoms with Crippen LogP contribution in [0.5, 0.6) is 0 Å². The number of hydrogen-bond acceptors (Lipinski definition) is 3. The molecule has 2 aromatic carbocycles. The Morgan fingerprint density at radius 2 is 1.85 bits per heavy atom. The standard InChI is InChI=1S/C19H17ClFN3O3/c1-11-3-6-14(7-4-11)24-12(2)18(26)23(19(24)27)10-17(25)22-16-8-5-13(21)9-15(16)20/h3-9,12H,10H2,1-2H3,(H,22,25). The van der Waals surface area contributed by atoms with E-state index in [-0.39, 0.29) is 10.7 Å². The van der Waals surface area contributed by atoms with Crippen molar-refractivity contribution in [3.05, 3.63) is 58.9 Å². The number of carbonyl (C=O) groups excluding carboxylic acids is 3. The van der Waals surface area contributed by atoms with Gasteiger partial charge in [0.05, 0.1) is 10.7 Å². The minimum atomic E-state index is -0.720. The maximum absolute atomic E-state index is 13.1. The molecule has 0 saturated carbocycles. The van der Waals surface area contributed by atoms with Crippen LogP contribution >= 0.6 is 11.6 Å². The summed E-state index contributed by atoms with van der Waals surface area (Å²) in [7, 11) is 0. The van der Waals surface area contributed by atoms with Gasteiger partial charge in [-0.2, -0.15) is 0 Å². The molecule has 0 aromatic heterocycles. The lowest BCUT2D eigenvalue weighted by Gasteiger charge is -2.19. The molecule has 1 atom stereocenters. The van der Waals surface area contributed by atoms with Crippen LogP contribution in [0.4, 0.5) is 20.6 Å². The smallest absolute Gasteiger partial charge is 0.323 e. The highest BCUT2D eigenvalue weighted by atomic mass is 35.5. The normalized spacial score (nSPS) is 16.8. The van der Waals surface area contributed by atoms with Crippen molar-refractivity contribution in [3.63, 3.8) is 0 Å². The first-order chi connectivity index (χ1) is 12.8.